The standard InChI is InChI=1S/C27H23NO3/c1-2-24(31-25-18-10-14-19-11-6-7-15-21(19)25)27(30)28-23-17-9-8-16-22(23)26(29)20-12-4-3-5-13-20/h3-18,24H,2H2,1H3,(H,28,30)/t24-/m0/s1. The zero-order chi connectivity index (χ0) is 21.6. The molecule has 0 aliphatic rings. The summed E-state index contributed by atoms with van der Waals surface area (Å²) in [4.78, 5) is 26.0. The number of rotatable bonds is 7. The molecule has 0 aliphatic carbocycles. The summed E-state index contributed by atoms with van der Waals surface area (Å²) in [6.07, 6.45) is -0.199. The van der Waals surface area contributed by atoms with E-state index in [0.717, 1.165) is 10.8 Å². The second-order valence-electron chi connectivity index (χ2n) is 7.22. The zero-order valence-electron chi connectivity index (χ0n) is 17.2. The lowest BCUT2D eigenvalue weighted by atomic mass is 10.0. The number of para-hydroxylation sites is 1. The Labute approximate surface area is 181 Å². The maximum atomic E-state index is 13.0. The molecule has 1 N–H and O–H groups in total. The van der Waals surface area contributed by atoms with Crippen molar-refractivity contribution in [1.82, 2.24) is 0 Å². The van der Waals surface area contributed by atoms with E-state index < -0.39 is 6.10 Å². The highest BCUT2D eigenvalue weighted by molar-refractivity contribution is 6.14. The molecule has 1 amide bonds. The number of fused-ring (bicyclic) bond motifs is 1. The van der Waals surface area contributed by atoms with Crippen molar-refractivity contribution in [1.29, 1.82) is 0 Å². The van der Waals surface area contributed by atoms with Gasteiger partial charge in [-0.1, -0.05) is 85.8 Å². The average molecular weight is 409 g/mol. The Morgan fingerprint density at radius 2 is 1.48 bits per heavy atom. The second-order valence-corrected chi connectivity index (χ2v) is 7.22. The van der Waals surface area contributed by atoms with Crippen LogP contribution in [0.1, 0.15) is 29.3 Å². The Kier molecular flexibility index (Phi) is 6.08. The minimum atomic E-state index is -0.689. The second kappa shape index (κ2) is 9.26. The van der Waals surface area contributed by atoms with Gasteiger partial charge in [-0.25, -0.2) is 0 Å². The molecule has 0 heterocycles. The molecule has 4 rings (SSSR count). The Morgan fingerprint density at radius 3 is 2.29 bits per heavy atom. The molecule has 0 aromatic heterocycles. The van der Waals surface area contributed by atoms with Crippen molar-refractivity contribution in [3.05, 3.63) is 108 Å². The van der Waals surface area contributed by atoms with E-state index >= 15 is 0 Å². The average Bonchev–Trinajstić information content (AvgIpc) is 2.83. The summed E-state index contributed by atoms with van der Waals surface area (Å²) in [7, 11) is 0. The number of hydrogen-bond donors (Lipinski definition) is 1. The minimum Gasteiger partial charge on any atom is -0.480 e. The highest BCUT2D eigenvalue weighted by Gasteiger charge is 2.22. The predicted octanol–water partition coefficient (Wildman–Crippen LogP) is 5.87. The molecular formula is C27H23NO3. The highest BCUT2D eigenvalue weighted by Crippen LogP contribution is 2.27. The van der Waals surface area contributed by atoms with E-state index in [9.17, 15) is 9.59 Å². The lowest BCUT2D eigenvalue weighted by Crippen LogP contribution is -2.33. The number of amides is 1. The highest BCUT2D eigenvalue weighted by atomic mass is 16.5. The van der Waals surface area contributed by atoms with Crippen LogP contribution in [0.2, 0.25) is 0 Å². The summed E-state index contributed by atoms with van der Waals surface area (Å²) in [5, 5.41) is 4.90. The first-order chi connectivity index (χ1) is 15.2. The van der Waals surface area contributed by atoms with E-state index in [2.05, 4.69) is 5.32 Å². The summed E-state index contributed by atoms with van der Waals surface area (Å²) < 4.78 is 6.10. The Balaban J connectivity index is 1.57. The number of carbonyl (C=O) groups is 2. The lowest BCUT2D eigenvalue weighted by molar-refractivity contribution is -0.122. The van der Waals surface area contributed by atoms with Gasteiger partial charge >= 0.3 is 0 Å². The summed E-state index contributed by atoms with van der Waals surface area (Å²) in [6, 6.07) is 29.8. The van der Waals surface area contributed by atoms with Gasteiger partial charge < -0.3 is 10.1 Å². The molecule has 0 aliphatic heterocycles. The van der Waals surface area contributed by atoms with Crippen LogP contribution in [0.3, 0.4) is 0 Å². The molecule has 0 saturated heterocycles. The van der Waals surface area contributed by atoms with Crippen LogP contribution in [0.5, 0.6) is 5.75 Å². The third kappa shape index (κ3) is 4.48. The molecule has 4 aromatic rings. The predicted molar refractivity (Wildman–Crippen MR) is 124 cm³/mol. The van der Waals surface area contributed by atoms with E-state index in [1.165, 1.54) is 0 Å². The van der Waals surface area contributed by atoms with Gasteiger partial charge in [0.25, 0.3) is 5.91 Å². The van der Waals surface area contributed by atoms with Crippen LogP contribution in [0.15, 0.2) is 97.1 Å². The van der Waals surface area contributed by atoms with Crippen molar-refractivity contribution in [3.63, 3.8) is 0 Å². The van der Waals surface area contributed by atoms with Gasteiger partial charge in [-0.05, 0) is 30.0 Å². The molecule has 1 atom stereocenters. The Morgan fingerprint density at radius 1 is 0.806 bits per heavy atom. The van der Waals surface area contributed by atoms with Gasteiger partial charge in [0, 0.05) is 16.5 Å². The van der Waals surface area contributed by atoms with E-state index in [1.54, 1.807) is 36.4 Å². The van der Waals surface area contributed by atoms with Crippen LogP contribution in [-0.2, 0) is 4.79 Å². The number of carbonyl (C=O) groups excluding carboxylic acids is 2. The maximum absolute atomic E-state index is 13.0. The summed E-state index contributed by atoms with van der Waals surface area (Å²) in [6.45, 7) is 1.90. The van der Waals surface area contributed by atoms with Crippen molar-refractivity contribution in [2.75, 3.05) is 5.32 Å². The largest absolute Gasteiger partial charge is 0.480 e. The third-order valence-electron chi connectivity index (χ3n) is 5.15. The molecule has 31 heavy (non-hydrogen) atoms. The van der Waals surface area contributed by atoms with Crippen molar-refractivity contribution in [2.24, 2.45) is 0 Å². The van der Waals surface area contributed by atoms with Gasteiger partial charge in [0.05, 0.1) is 5.69 Å². The SMILES string of the molecule is CC[C@H](Oc1cccc2ccccc12)C(=O)Nc1ccccc1C(=O)c1ccccc1. The van der Waals surface area contributed by atoms with Crippen LogP contribution < -0.4 is 10.1 Å². The van der Waals surface area contributed by atoms with Gasteiger partial charge in [-0.2, -0.15) is 0 Å². The van der Waals surface area contributed by atoms with E-state index in [1.807, 2.05) is 67.6 Å². The number of benzene rings is 4. The van der Waals surface area contributed by atoms with Crippen molar-refractivity contribution in [2.45, 2.75) is 19.4 Å². The topological polar surface area (TPSA) is 55.4 Å². The van der Waals surface area contributed by atoms with Crippen LogP contribution in [-0.4, -0.2) is 17.8 Å². The van der Waals surface area contributed by atoms with E-state index in [4.69, 9.17) is 4.74 Å². The number of hydrogen-bond acceptors (Lipinski definition) is 3. The smallest absolute Gasteiger partial charge is 0.265 e. The zero-order valence-corrected chi connectivity index (χ0v) is 17.2. The third-order valence-corrected chi connectivity index (χ3v) is 5.15. The fourth-order valence-corrected chi connectivity index (χ4v) is 3.52. The Bertz CT molecular complexity index is 1210. The van der Waals surface area contributed by atoms with Gasteiger partial charge in [0.2, 0.25) is 0 Å². The van der Waals surface area contributed by atoms with E-state index in [-0.39, 0.29) is 11.7 Å². The van der Waals surface area contributed by atoms with Crippen molar-refractivity contribution in [3.8, 4) is 5.75 Å². The molecule has 0 unspecified atom stereocenters. The quantitative estimate of drug-likeness (QED) is 0.389. The van der Waals surface area contributed by atoms with Crippen LogP contribution in [0, 0.1) is 0 Å². The van der Waals surface area contributed by atoms with Gasteiger partial charge in [-0.15, -0.1) is 0 Å². The van der Waals surface area contributed by atoms with Crippen molar-refractivity contribution < 1.29 is 14.3 Å². The fraction of sp³-hybridized carbons (Fsp3) is 0.111. The van der Waals surface area contributed by atoms with Gasteiger partial charge in [0.1, 0.15) is 5.75 Å². The molecule has 154 valence electrons. The maximum Gasteiger partial charge on any atom is 0.265 e. The summed E-state index contributed by atoms with van der Waals surface area (Å²) in [5.74, 6) is 0.233. The molecule has 0 saturated carbocycles. The normalized spacial score (nSPS) is 11.6. The molecule has 4 nitrogen and oxygen atoms in total. The number of ether oxygens (including phenoxy) is 1. The first-order valence-electron chi connectivity index (χ1n) is 10.3. The van der Waals surface area contributed by atoms with Crippen LogP contribution in [0.25, 0.3) is 10.8 Å². The van der Waals surface area contributed by atoms with Crippen molar-refractivity contribution >= 4 is 28.2 Å². The number of ketones is 1. The van der Waals surface area contributed by atoms with E-state index in [0.29, 0.717) is 29.0 Å². The van der Waals surface area contributed by atoms with Crippen LogP contribution >= 0.6 is 0 Å². The molecule has 0 radical (unpaired) electrons. The number of nitrogens with one attached hydrogen (secondary N) is 1. The molecule has 0 bridgehead atoms. The minimum absolute atomic E-state index is 0.139. The molecule has 4 heteroatoms. The van der Waals surface area contributed by atoms with Crippen LogP contribution in [0.4, 0.5) is 5.69 Å². The van der Waals surface area contributed by atoms with Gasteiger partial charge in [-0.3, -0.25) is 9.59 Å². The fourth-order valence-electron chi connectivity index (χ4n) is 3.52. The first-order valence-corrected chi connectivity index (χ1v) is 10.3. The summed E-state index contributed by atoms with van der Waals surface area (Å²) in [5.41, 5.74) is 1.49. The monoisotopic (exact) mass is 409 g/mol. The molecule has 4 aromatic carbocycles. The first kappa shape index (κ1) is 20.4. The number of anilines is 1. The Hall–Kier alpha value is -3.92. The summed E-state index contributed by atoms with van der Waals surface area (Å²) >= 11 is 0. The molecule has 0 spiro atoms. The molecule has 0 fully saturated rings. The van der Waals surface area contributed by atoms with Gasteiger partial charge in [0.15, 0.2) is 11.9 Å². The lowest BCUT2D eigenvalue weighted by Gasteiger charge is -2.19. The molecular weight excluding hydrogens is 386 g/mol.